The fourth-order valence-corrected chi connectivity index (χ4v) is 5.50. The summed E-state index contributed by atoms with van der Waals surface area (Å²) in [5.74, 6) is 1.77. The lowest BCUT2D eigenvalue weighted by molar-refractivity contribution is -0.642. The average molecular weight is 450 g/mol. The van der Waals surface area contributed by atoms with Crippen molar-refractivity contribution in [3.8, 4) is 11.5 Å². The Kier molecular flexibility index (Phi) is 6.49. The van der Waals surface area contributed by atoms with Crippen LogP contribution >= 0.6 is 23.1 Å². The first-order valence-corrected chi connectivity index (χ1v) is 11.5. The minimum Gasteiger partial charge on any atom is -0.497 e. The number of anilines is 1. The number of aromatic nitrogens is 1. The Hall–Kier alpha value is -2.96. The van der Waals surface area contributed by atoms with Crippen LogP contribution in [0.4, 0.5) is 5.69 Å². The van der Waals surface area contributed by atoms with E-state index in [2.05, 4.69) is 72.1 Å². The molecule has 0 radical (unpaired) electrons. The van der Waals surface area contributed by atoms with E-state index in [1.807, 2.05) is 30.4 Å². The van der Waals surface area contributed by atoms with Gasteiger partial charge in [-0.1, -0.05) is 53.5 Å². The molecule has 2 heterocycles. The van der Waals surface area contributed by atoms with Gasteiger partial charge in [0.2, 0.25) is 5.52 Å². The van der Waals surface area contributed by atoms with Gasteiger partial charge in [0.05, 0.1) is 24.9 Å². The number of thiazole rings is 1. The second kappa shape index (κ2) is 9.45. The molecule has 6 heteroatoms. The summed E-state index contributed by atoms with van der Waals surface area (Å²) in [6.07, 6.45) is 14.5. The number of hydrogen-bond donors (Lipinski definition) is 0. The normalized spacial score (nSPS) is 15.2. The van der Waals surface area contributed by atoms with Crippen molar-refractivity contribution in [2.75, 3.05) is 26.2 Å². The van der Waals surface area contributed by atoms with Crippen molar-refractivity contribution in [2.45, 2.75) is 4.90 Å². The molecular weight excluding hydrogens is 424 g/mol. The van der Waals surface area contributed by atoms with Crippen molar-refractivity contribution in [1.82, 2.24) is 0 Å². The summed E-state index contributed by atoms with van der Waals surface area (Å²) in [5, 5.41) is 2.38. The van der Waals surface area contributed by atoms with Crippen LogP contribution in [-0.2, 0) is 7.05 Å². The van der Waals surface area contributed by atoms with Crippen LogP contribution in [0, 0.1) is 0 Å². The molecule has 0 aliphatic carbocycles. The van der Waals surface area contributed by atoms with Gasteiger partial charge in [-0.05, 0) is 30.3 Å². The van der Waals surface area contributed by atoms with Crippen molar-refractivity contribution in [2.24, 2.45) is 7.05 Å². The molecule has 3 aromatic rings. The maximum absolute atomic E-state index is 5.33. The Morgan fingerprint density at radius 2 is 1.61 bits per heavy atom. The largest absolute Gasteiger partial charge is 0.497 e. The van der Waals surface area contributed by atoms with E-state index in [0.29, 0.717) is 0 Å². The SMILES string of the molecule is COc1ccc2c(c1)S\C(=C/C=C/C=C/C=C/c1sc3cc(OC)ccc3[n+]1C)N2C. The number of allylic oxidation sites excluding steroid dienone is 6. The van der Waals surface area contributed by atoms with Crippen LogP contribution in [0.15, 0.2) is 82.8 Å². The second-order valence-corrected chi connectivity index (χ2v) is 9.09. The summed E-state index contributed by atoms with van der Waals surface area (Å²) in [6.45, 7) is 0. The molecule has 4 nitrogen and oxygen atoms in total. The molecule has 2 aromatic carbocycles. The van der Waals surface area contributed by atoms with E-state index in [1.54, 1.807) is 37.3 Å². The van der Waals surface area contributed by atoms with Gasteiger partial charge in [-0.3, -0.25) is 0 Å². The van der Waals surface area contributed by atoms with Gasteiger partial charge in [-0.25, -0.2) is 0 Å². The molecule has 1 aliphatic heterocycles. The standard InChI is InChI=1S/C25H25N2O2S2/c1-26-20-14-12-18(28-3)16-22(20)30-24(26)10-8-6-5-7-9-11-25-27(2)21-15-13-19(29-4)17-23(21)31-25/h5-17H,1-4H3/q+1. The summed E-state index contributed by atoms with van der Waals surface area (Å²) in [4.78, 5) is 3.41. The van der Waals surface area contributed by atoms with E-state index in [1.165, 1.54) is 30.8 Å². The average Bonchev–Trinajstić information content (AvgIpc) is 3.28. The zero-order valence-electron chi connectivity index (χ0n) is 18.0. The highest BCUT2D eigenvalue weighted by atomic mass is 32.2. The summed E-state index contributed by atoms with van der Waals surface area (Å²) in [6, 6.07) is 12.3. The first-order valence-electron chi connectivity index (χ1n) is 9.88. The van der Waals surface area contributed by atoms with Crippen LogP contribution in [0.3, 0.4) is 0 Å². The fourth-order valence-electron chi connectivity index (χ4n) is 3.32. The predicted octanol–water partition coefficient (Wildman–Crippen LogP) is 5.95. The quantitative estimate of drug-likeness (QED) is 0.343. The second-order valence-electron chi connectivity index (χ2n) is 6.96. The van der Waals surface area contributed by atoms with E-state index in [4.69, 9.17) is 9.47 Å². The third-order valence-electron chi connectivity index (χ3n) is 5.07. The minimum atomic E-state index is 0.886. The highest BCUT2D eigenvalue weighted by molar-refractivity contribution is 8.03. The Labute approximate surface area is 191 Å². The van der Waals surface area contributed by atoms with Crippen LogP contribution in [0.2, 0.25) is 0 Å². The molecule has 0 fully saturated rings. The van der Waals surface area contributed by atoms with Crippen molar-refractivity contribution >= 4 is 45.1 Å². The number of benzene rings is 2. The number of hydrogen-bond acceptors (Lipinski definition) is 5. The van der Waals surface area contributed by atoms with Crippen molar-refractivity contribution in [3.63, 3.8) is 0 Å². The molecule has 0 atom stereocenters. The number of methoxy groups -OCH3 is 2. The molecule has 0 amide bonds. The van der Waals surface area contributed by atoms with Crippen molar-refractivity contribution in [1.29, 1.82) is 0 Å². The summed E-state index contributed by atoms with van der Waals surface area (Å²) in [7, 11) is 7.57. The van der Waals surface area contributed by atoms with Crippen LogP contribution < -0.4 is 18.9 Å². The minimum absolute atomic E-state index is 0.886. The fraction of sp³-hybridized carbons (Fsp3) is 0.160. The summed E-state index contributed by atoms with van der Waals surface area (Å²) < 4.78 is 14.1. The Morgan fingerprint density at radius 1 is 0.903 bits per heavy atom. The molecule has 0 bridgehead atoms. The van der Waals surface area contributed by atoms with Gasteiger partial charge in [0.15, 0.2) is 0 Å². The van der Waals surface area contributed by atoms with E-state index < -0.39 is 0 Å². The third-order valence-corrected chi connectivity index (χ3v) is 7.40. The van der Waals surface area contributed by atoms with Gasteiger partial charge >= 0.3 is 0 Å². The predicted molar refractivity (Wildman–Crippen MR) is 132 cm³/mol. The van der Waals surface area contributed by atoms with Crippen LogP contribution in [0.1, 0.15) is 5.01 Å². The van der Waals surface area contributed by atoms with Crippen LogP contribution in [0.25, 0.3) is 16.3 Å². The molecule has 4 rings (SSSR count). The van der Waals surface area contributed by atoms with Gasteiger partial charge in [-0.2, -0.15) is 4.57 Å². The lowest BCUT2D eigenvalue weighted by Gasteiger charge is -2.12. The molecule has 31 heavy (non-hydrogen) atoms. The Morgan fingerprint density at radius 3 is 2.42 bits per heavy atom. The zero-order chi connectivity index (χ0) is 21.8. The number of aryl methyl sites for hydroxylation is 1. The maximum atomic E-state index is 5.33. The lowest BCUT2D eigenvalue weighted by Crippen LogP contribution is -2.28. The van der Waals surface area contributed by atoms with E-state index in [0.717, 1.165) is 11.5 Å². The Bertz CT molecular complexity index is 1220. The van der Waals surface area contributed by atoms with Crippen molar-refractivity contribution in [3.05, 3.63) is 82.9 Å². The number of thioether (sulfide) groups is 1. The molecule has 158 valence electrons. The number of nitrogens with zero attached hydrogens (tertiary/aromatic N) is 2. The number of ether oxygens (including phenoxy) is 2. The van der Waals surface area contributed by atoms with Gasteiger partial charge in [0.25, 0.3) is 5.01 Å². The molecular formula is C25H25N2O2S2+. The number of rotatable bonds is 6. The first kappa shape index (κ1) is 21.3. The Balaban J connectivity index is 1.39. The van der Waals surface area contributed by atoms with E-state index in [-0.39, 0.29) is 0 Å². The maximum Gasteiger partial charge on any atom is 0.262 e. The molecule has 1 aromatic heterocycles. The van der Waals surface area contributed by atoms with E-state index >= 15 is 0 Å². The highest BCUT2D eigenvalue weighted by Gasteiger charge is 2.21. The topological polar surface area (TPSA) is 25.6 Å². The summed E-state index contributed by atoms with van der Waals surface area (Å²) in [5.41, 5.74) is 2.41. The zero-order valence-corrected chi connectivity index (χ0v) is 19.7. The van der Waals surface area contributed by atoms with Crippen LogP contribution in [0.5, 0.6) is 11.5 Å². The summed E-state index contributed by atoms with van der Waals surface area (Å²) >= 11 is 3.51. The molecule has 0 spiro atoms. The highest BCUT2D eigenvalue weighted by Crippen LogP contribution is 2.46. The van der Waals surface area contributed by atoms with Gasteiger partial charge < -0.3 is 14.4 Å². The van der Waals surface area contributed by atoms with Gasteiger partial charge in [0.1, 0.15) is 23.2 Å². The molecule has 0 saturated heterocycles. The van der Waals surface area contributed by atoms with Crippen LogP contribution in [-0.4, -0.2) is 21.3 Å². The van der Waals surface area contributed by atoms with Crippen molar-refractivity contribution < 1.29 is 14.0 Å². The molecule has 0 saturated carbocycles. The molecule has 1 aliphatic rings. The molecule has 0 N–H and O–H groups in total. The van der Waals surface area contributed by atoms with Gasteiger partial charge in [0, 0.05) is 30.2 Å². The third kappa shape index (κ3) is 4.55. The van der Waals surface area contributed by atoms with E-state index in [9.17, 15) is 0 Å². The number of fused-ring (bicyclic) bond motifs is 2. The molecule has 0 unspecified atom stereocenters. The van der Waals surface area contributed by atoms with Gasteiger partial charge in [-0.15, -0.1) is 0 Å². The first-order chi connectivity index (χ1) is 15.1. The lowest BCUT2D eigenvalue weighted by atomic mass is 10.3. The monoisotopic (exact) mass is 449 g/mol. The smallest absolute Gasteiger partial charge is 0.262 e.